The van der Waals surface area contributed by atoms with Crippen molar-refractivity contribution in [1.29, 1.82) is 0 Å². The number of hydrogen-bond acceptors (Lipinski definition) is 5. The van der Waals surface area contributed by atoms with Gasteiger partial charge >= 0.3 is 0 Å². The van der Waals surface area contributed by atoms with Crippen molar-refractivity contribution in [3.05, 3.63) is 39.5 Å². The van der Waals surface area contributed by atoms with Gasteiger partial charge in [0.1, 0.15) is 17.4 Å². The van der Waals surface area contributed by atoms with Crippen molar-refractivity contribution in [3.63, 3.8) is 0 Å². The highest BCUT2D eigenvalue weighted by Gasteiger charge is 2.09. The van der Waals surface area contributed by atoms with E-state index in [9.17, 15) is 14.0 Å². The number of carbonyl (C=O) groups excluding carboxylic acids is 1. The largest absolute Gasteiger partial charge is 0.303 e. The molecule has 1 N–H and O–H groups in total. The van der Waals surface area contributed by atoms with Crippen LogP contribution < -0.4 is 10.9 Å². The van der Waals surface area contributed by atoms with Crippen LogP contribution in [-0.2, 0) is 17.8 Å². The number of carbonyl (C=O) groups is 1. The fraction of sp³-hybridized carbons (Fsp3) is 0.273. The first-order chi connectivity index (χ1) is 9.08. The Morgan fingerprint density at radius 2 is 2.26 bits per heavy atom. The van der Waals surface area contributed by atoms with Gasteiger partial charge in [0.15, 0.2) is 0 Å². The second-order valence-electron chi connectivity index (χ2n) is 3.72. The molecule has 0 aliphatic heterocycles. The van der Waals surface area contributed by atoms with E-state index in [4.69, 9.17) is 0 Å². The van der Waals surface area contributed by atoms with Gasteiger partial charge in [-0.15, -0.1) is 10.2 Å². The normalized spacial score (nSPS) is 10.4. The Labute approximate surface area is 111 Å². The third-order valence-corrected chi connectivity index (χ3v) is 3.26. The third-order valence-electron chi connectivity index (χ3n) is 2.28. The van der Waals surface area contributed by atoms with Gasteiger partial charge in [-0.2, -0.15) is 0 Å². The smallest absolute Gasteiger partial charge is 0.251 e. The summed E-state index contributed by atoms with van der Waals surface area (Å²) in [4.78, 5) is 23.1. The highest BCUT2D eigenvalue weighted by Crippen LogP contribution is 2.15. The lowest BCUT2D eigenvalue weighted by atomic mass is 10.4. The Morgan fingerprint density at radius 1 is 1.47 bits per heavy atom. The van der Waals surface area contributed by atoms with Crippen molar-refractivity contribution in [1.82, 2.24) is 14.8 Å². The molecule has 0 radical (unpaired) electrons. The number of halogens is 1. The van der Waals surface area contributed by atoms with E-state index in [1.165, 1.54) is 11.3 Å². The van der Waals surface area contributed by atoms with Gasteiger partial charge in [0, 0.05) is 12.3 Å². The van der Waals surface area contributed by atoms with Crippen LogP contribution in [0.5, 0.6) is 0 Å². The van der Waals surface area contributed by atoms with Crippen molar-refractivity contribution >= 4 is 22.4 Å². The minimum Gasteiger partial charge on any atom is -0.303 e. The van der Waals surface area contributed by atoms with E-state index < -0.39 is 17.3 Å². The van der Waals surface area contributed by atoms with Gasteiger partial charge < -0.3 is 4.57 Å². The number of hydrogen-bond donors (Lipinski definition) is 1. The van der Waals surface area contributed by atoms with Crippen LogP contribution in [0.3, 0.4) is 0 Å². The van der Waals surface area contributed by atoms with Gasteiger partial charge in [-0.05, 0) is 12.5 Å². The molecule has 0 unspecified atom stereocenters. The molecule has 2 aromatic rings. The fourth-order valence-electron chi connectivity index (χ4n) is 1.39. The van der Waals surface area contributed by atoms with Crippen molar-refractivity contribution in [2.45, 2.75) is 19.9 Å². The summed E-state index contributed by atoms with van der Waals surface area (Å²) in [5.41, 5.74) is -0.442. The summed E-state index contributed by atoms with van der Waals surface area (Å²) in [6.07, 6.45) is 1.72. The molecule has 1 amide bonds. The quantitative estimate of drug-likeness (QED) is 0.909. The number of aryl methyl sites for hydroxylation is 1. The van der Waals surface area contributed by atoms with Crippen LogP contribution in [0.2, 0.25) is 0 Å². The highest BCUT2D eigenvalue weighted by molar-refractivity contribution is 7.15. The molecule has 0 saturated carbocycles. The summed E-state index contributed by atoms with van der Waals surface area (Å²) in [5, 5.41) is 11.3. The SMILES string of the molecule is CCc1nnc(NC(=O)Cn2cc(F)ccc2=O)s1. The van der Waals surface area contributed by atoms with Crippen molar-refractivity contribution in [3.8, 4) is 0 Å². The number of nitrogens with one attached hydrogen (secondary N) is 1. The summed E-state index contributed by atoms with van der Waals surface area (Å²) < 4.78 is 14.0. The topological polar surface area (TPSA) is 76.9 Å². The fourth-order valence-corrected chi connectivity index (χ4v) is 2.08. The zero-order chi connectivity index (χ0) is 13.8. The maximum Gasteiger partial charge on any atom is 0.251 e. The second kappa shape index (κ2) is 5.70. The monoisotopic (exact) mass is 282 g/mol. The van der Waals surface area contributed by atoms with Crippen molar-refractivity contribution in [2.75, 3.05) is 5.32 Å². The van der Waals surface area contributed by atoms with Gasteiger partial charge in [-0.1, -0.05) is 18.3 Å². The summed E-state index contributed by atoms with van der Waals surface area (Å²) in [5.74, 6) is -1.02. The van der Waals surface area contributed by atoms with Gasteiger partial charge in [0.05, 0.1) is 0 Å². The molecule has 6 nitrogen and oxygen atoms in total. The Morgan fingerprint density at radius 3 is 2.95 bits per heavy atom. The zero-order valence-corrected chi connectivity index (χ0v) is 10.9. The van der Waals surface area contributed by atoms with Gasteiger partial charge in [-0.3, -0.25) is 14.9 Å². The predicted molar refractivity (Wildman–Crippen MR) is 68.6 cm³/mol. The molecule has 2 aromatic heterocycles. The van der Waals surface area contributed by atoms with Crippen LogP contribution in [0.25, 0.3) is 0 Å². The molecule has 0 aromatic carbocycles. The summed E-state index contributed by atoms with van der Waals surface area (Å²) in [6.45, 7) is 1.66. The number of pyridine rings is 1. The molecular weight excluding hydrogens is 271 g/mol. The minimum absolute atomic E-state index is 0.266. The molecule has 0 bridgehead atoms. The van der Waals surface area contributed by atoms with E-state index in [0.29, 0.717) is 5.13 Å². The van der Waals surface area contributed by atoms with E-state index in [-0.39, 0.29) is 6.54 Å². The van der Waals surface area contributed by atoms with Crippen LogP contribution >= 0.6 is 11.3 Å². The van der Waals surface area contributed by atoms with Crippen LogP contribution in [0.4, 0.5) is 9.52 Å². The average molecular weight is 282 g/mol. The molecule has 100 valence electrons. The standard InChI is InChI=1S/C11H11FN4O2S/c1-2-9-14-15-11(19-9)13-8(17)6-16-5-7(12)3-4-10(16)18/h3-5H,2,6H2,1H3,(H,13,15,17). The van der Waals surface area contributed by atoms with Gasteiger partial charge in [-0.25, -0.2) is 4.39 Å². The summed E-state index contributed by atoms with van der Waals surface area (Å²) >= 11 is 1.26. The molecule has 0 saturated heterocycles. The summed E-state index contributed by atoms with van der Waals surface area (Å²) in [6, 6.07) is 2.12. The molecule has 19 heavy (non-hydrogen) atoms. The first-order valence-corrected chi connectivity index (χ1v) is 6.38. The van der Waals surface area contributed by atoms with E-state index in [1.807, 2.05) is 6.92 Å². The zero-order valence-electron chi connectivity index (χ0n) is 10.1. The molecule has 0 aliphatic rings. The Balaban J connectivity index is 2.05. The number of rotatable bonds is 4. The molecule has 2 heterocycles. The van der Waals surface area contributed by atoms with Crippen molar-refractivity contribution in [2.24, 2.45) is 0 Å². The van der Waals surface area contributed by atoms with E-state index in [1.54, 1.807) is 0 Å². The maximum atomic E-state index is 13.0. The molecule has 0 spiro atoms. The lowest BCUT2D eigenvalue weighted by Gasteiger charge is -2.04. The average Bonchev–Trinajstić information content (AvgIpc) is 2.81. The second-order valence-corrected chi connectivity index (χ2v) is 4.78. The number of nitrogens with zero attached hydrogens (tertiary/aromatic N) is 3. The molecule has 0 atom stereocenters. The molecule has 2 rings (SSSR count). The molecule has 0 fully saturated rings. The number of aromatic nitrogens is 3. The number of anilines is 1. The van der Waals surface area contributed by atoms with Gasteiger partial charge in [0.25, 0.3) is 5.56 Å². The molecule has 0 aliphatic carbocycles. The lowest BCUT2D eigenvalue weighted by molar-refractivity contribution is -0.116. The van der Waals surface area contributed by atoms with Crippen LogP contribution in [0.15, 0.2) is 23.1 Å². The van der Waals surface area contributed by atoms with Crippen molar-refractivity contribution < 1.29 is 9.18 Å². The van der Waals surface area contributed by atoms with E-state index in [2.05, 4.69) is 15.5 Å². The van der Waals surface area contributed by atoms with Gasteiger partial charge in [0.2, 0.25) is 11.0 Å². The molecular formula is C11H11FN4O2S. The molecule has 8 heteroatoms. The maximum absolute atomic E-state index is 13.0. The lowest BCUT2D eigenvalue weighted by Crippen LogP contribution is -2.27. The Hall–Kier alpha value is -2.09. The van der Waals surface area contributed by atoms with Crippen LogP contribution in [0.1, 0.15) is 11.9 Å². The number of amides is 1. The minimum atomic E-state index is -0.573. The van der Waals surface area contributed by atoms with Crippen LogP contribution in [0, 0.1) is 5.82 Å². The Bertz CT molecular complexity index is 652. The predicted octanol–water partition coefficient (Wildman–Crippen LogP) is 1.04. The summed E-state index contributed by atoms with van der Waals surface area (Å²) in [7, 11) is 0. The first-order valence-electron chi connectivity index (χ1n) is 5.56. The third kappa shape index (κ3) is 3.44. The first kappa shape index (κ1) is 13.3. The highest BCUT2D eigenvalue weighted by atomic mass is 32.1. The van der Waals surface area contributed by atoms with Crippen LogP contribution in [-0.4, -0.2) is 20.7 Å². The van der Waals surface area contributed by atoms with E-state index >= 15 is 0 Å². The van der Waals surface area contributed by atoms with E-state index in [0.717, 1.165) is 34.3 Å². The Kier molecular flexibility index (Phi) is 4.00.